The Labute approximate surface area is 98.1 Å². The van der Waals surface area contributed by atoms with E-state index in [1.807, 2.05) is 6.07 Å². The van der Waals surface area contributed by atoms with Crippen molar-refractivity contribution in [1.29, 1.82) is 0 Å². The first kappa shape index (κ1) is 11.3. The number of hydrogen-bond acceptors (Lipinski definition) is 1. The fourth-order valence-electron chi connectivity index (χ4n) is 2.06. The Balaban J connectivity index is 1.84. The molecule has 0 bridgehead atoms. The number of benzene rings is 1. The van der Waals surface area contributed by atoms with Crippen molar-refractivity contribution in [3.8, 4) is 5.75 Å². The number of ether oxygens (including phenoxy) is 1. The van der Waals surface area contributed by atoms with Crippen molar-refractivity contribution < 1.29 is 4.74 Å². The van der Waals surface area contributed by atoms with E-state index >= 15 is 0 Å². The van der Waals surface area contributed by atoms with Crippen LogP contribution >= 0.6 is 0 Å². The molecule has 1 aliphatic heterocycles. The molecule has 0 spiro atoms. The summed E-state index contributed by atoms with van der Waals surface area (Å²) >= 11 is 0. The Kier molecular flexibility index (Phi) is 4.03. The van der Waals surface area contributed by atoms with Crippen molar-refractivity contribution in [1.82, 2.24) is 0 Å². The summed E-state index contributed by atoms with van der Waals surface area (Å²) in [5.41, 5.74) is 1.31. The zero-order valence-electron chi connectivity index (χ0n) is 10.0. The molecule has 86 valence electrons. The summed E-state index contributed by atoms with van der Waals surface area (Å²) in [4.78, 5) is 0. The Hall–Kier alpha value is -1.24. The maximum Gasteiger partial charge on any atom is 0.130 e. The standard InChI is InChI=1S/C15H20O/c1-2-3-4-5-9-14-12-11-13-8-6-7-10-15(13)16-14/h6-8,10,12H,2-5,9,11H2,1H3. The summed E-state index contributed by atoms with van der Waals surface area (Å²) in [6.45, 7) is 2.24. The molecule has 0 aliphatic carbocycles. The molecule has 0 radical (unpaired) electrons. The maximum absolute atomic E-state index is 5.87. The molecule has 1 heterocycles. The molecule has 0 amide bonds. The largest absolute Gasteiger partial charge is 0.462 e. The van der Waals surface area contributed by atoms with E-state index in [0.717, 1.165) is 24.4 Å². The molecule has 0 saturated carbocycles. The van der Waals surface area contributed by atoms with E-state index < -0.39 is 0 Å². The average molecular weight is 216 g/mol. The van der Waals surface area contributed by atoms with Crippen LogP contribution in [0, 0.1) is 0 Å². The predicted octanol–water partition coefficient (Wildman–Crippen LogP) is 4.48. The van der Waals surface area contributed by atoms with Crippen molar-refractivity contribution in [2.45, 2.75) is 45.4 Å². The van der Waals surface area contributed by atoms with Crippen molar-refractivity contribution >= 4 is 0 Å². The van der Waals surface area contributed by atoms with Crippen LogP contribution in [-0.2, 0) is 6.42 Å². The lowest BCUT2D eigenvalue weighted by molar-refractivity contribution is 0.381. The molecule has 1 aromatic carbocycles. The highest BCUT2D eigenvalue weighted by atomic mass is 16.5. The minimum Gasteiger partial charge on any atom is -0.462 e. The van der Waals surface area contributed by atoms with Gasteiger partial charge in [-0.3, -0.25) is 0 Å². The highest BCUT2D eigenvalue weighted by Gasteiger charge is 2.10. The molecule has 2 rings (SSSR count). The number of para-hydroxylation sites is 1. The number of hydrogen-bond donors (Lipinski definition) is 0. The minimum atomic E-state index is 1.03. The number of unbranched alkanes of at least 4 members (excludes halogenated alkanes) is 3. The van der Waals surface area contributed by atoms with Gasteiger partial charge in [-0.25, -0.2) is 0 Å². The van der Waals surface area contributed by atoms with Gasteiger partial charge >= 0.3 is 0 Å². The molecule has 1 nitrogen and oxygen atoms in total. The Morgan fingerprint density at radius 1 is 1.12 bits per heavy atom. The maximum atomic E-state index is 5.87. The van der Waals surface area contributed by atoms with Gasteiger partial charge in [0.2, 0.25) is 0 Å². The molecule has 16 heavy (non-hydrogen) atoms. The van der Waals surface area contributed by atoms with Crippen molar-refractivity contribution in [3.05, 3.63) is 41.7 Å². The molecule has 1 aromatic rings. The van der Waals surface area contributed by atoms with E-state index in [0.29, 0.717) is 0 Å². The third-order valence-corrected chi connectivity index (χ3v) is 3.04. The molecule has 0 atom stereocenters. The topological polar surface area (TPSA) is 9.23 Å². The van der Waals surface area contributed by atoms with Gasteiger partial charge in [-0.15, -0.1) is 0 Å². The lowest BCUT2D eigenvalue weighted by Gasteiger charge is -2.17. The van der Waals surface area contributed by atoms with Crippen LogP contribution in [0.15, 0.2) is 36.1 Å². The second-order valence-corrected chi connectivity index (χ2v) is 4.40. The lowest BCUT2D eigenvalue weighted by atomic mass is 10.1. The van der Waals surface area contributed by atoms with Gasteiger partial charge in [-0.2, -0.15) is 0 Å². The molecule has 1 heteroatoms. The summed E-state index contributed by atoms with van der Waals surface area (Å²) in [7, 11) is 0. The van der Waals surface area contributed by atoms with E-state index in [9.17, 15) is 0 Å². The van der Waals surface area contributed by atoms with Crippen molar-refractivity contribution in [2.24, 2.45) is 0 Å². The van der Waals surface area contributed by atoms with E-state index in [2.05, 4.69) is 31.2 Å². The van der Waals surface area contributed by atoms with Gasteiger partial charge in [0, 0.05) is 6.42 Å². The normalized spacial score (nSPS) is 13.9. The van der Waals surface area contributed by atoms with Crippen LogP contribution in [0.2, 0.25) is 0 Å². The van der Waals surface area contributed by atoms with E-state index in [4.69, 9.17) is 4.74 Å². The highest BCUT2D eigenvalue weighted by Crippen LogP contribution is 2.27. The molecule has 0 unspecified atom stereocenters. The molecule has 0 N–H and O–H groups in total. The van der Waals surface area contributed by atoms with Crippen LogP contribution in [0.25, 0.3) is 0 Å². The fraction of sp³-hybridized carbons (Fsp3) is 0.467. The Bertz CT molecular complexity index is 365. The van der Waals surface area contributed by atoms with E-state index in [1.165, 1.54) is 31.2 Å². The van der Waals surface area contributed by atoms with Crippen molar-refractivity contribution in [2.75, 3.05) is 0 Å². The minimum absolute atomic E-state index is 1.03. The quantitative estimate of drug-likeness (QED) is 0.659. The predicted molar refractivity (Wildman–Crippen MR) is 67.6 cm³/mol. The zero-order valence-corrected chi connectivity index (χ0v) is 10.0. The van der Waals surface area contributed by atoms with Gasteiger partial charge in [0.05, 0.1) is 0 Å². The van der Waals surface area contributed by atoms with Gasteiger partial charge in [-0.05, 0) is 30.5 Å². The Morgan fingerprint density at radius 2 is 2.00 bits per heavy atom. The molecule has 0 fully saturated rings. The molecular formula is C15H20O. The monoisotopic (exact) mass is 216 g/mol. The van der Waals surface area contributed by atoms with Crippen LogP contribution < -0.4 is 4.74 Å². The summed E-state index contributed by atoms with van der Waals surface area (Å²) in [6.07, 6.45) is 9.55. The second-order valence-electron chi connectivity index (χ2n) is 4.40. The number of fused-ring (bicyclic) bond motifs is 1. The first-order chi connectivity index (χ1) is 7.90. The van der Waals surface area contributed by atoms with Crippen LogP contribution in [0.5, 0.6) is 5.75 Å². The van der Waals surface area contributed by atoms with Gasteiger partial charge in [0.25, 0.3) is 0 Å². The average Bonchev–Trinajstić information content (AvgIpc) is 2.34. The summed E-state index contributed by atoms with van der Waals surface area (Å²) in [5, 5.41) is 0. The van der Waals surface area contributed by atoms with Gasteiger partial charge in [-0.1, -0.05) is 44.4 Å². The SMILES string of the molecule is CCCCCCC1=CCc2ccccc2O1. The number of allylic oxidation sites excluding steroid dienone is 2. The molecule has 0 aromatic heterocycles. The van der Waals surface area contributed by atoms with E-state index in [1.54, 1.807) is 0 Å². The molecule has 1 aliphatic rings. The second kappa shape index (κ2) is 5.74. The third kappa shape index (κ3) is 2.88. The number of rotatable bonds is 5. The van der Waals surface area contributed by atoms with Crippen LogP contribution in [-0.4, -0.2) is 0 Å². The first-order valence-corrected chi connectivity index (χ1v) is 6.35. The van der Waals surface area contributed by atoms with Crippen LogP contribution in [0.1, 0.15) is 44.6 Å². The smallest absolute Gasteiger partial charge is 0.130 e. The zero-order chi connectivity index (χ0) is 11.2. The summed E-state index contributed by atoms with van der Waals surface area (Å²) < 4.78 is 5.87. The Morgan fingerprint density at radius 3 is 2.88 bits per heavy atom. The fourth-order valence-corrected chi connectivity index (χ4v) is 2.06. The third-order valence-electron chi connectivity index (χ3n) is 3.04. The first-order valence-electron chi connectivity index (χ1n) is 6.35. The lowest BCUT2D eigenvalue weighted by Crippen LogP contribution is -2.04. The van der Waals surface area contributed by atoms with Gasteiger partial charge in [0.15, 0.2) is 0 Å². The van der Waals surface area contributed by atoms with Gasteiger partial charge < -0.3 is 4.74 Å². The van der Waals surface area contributed by atoms with Crippen molar-refractivity contribution in [3.63, 3.8) is 0 Å². The van der Waals surface area contributed by atoms with Crippen LogP contribution in [0.3, 0.4) is 0 Å². The summed E-state index contributed by atoms with van der Waals surface area (Å²) in [6, 6.07) is 8.31. The molecule has 0 saturated heterocycles. The highest BCUT2D eigenvalue weighted by molar-refractivity contribution is 5.38. The molecular weight excluding hydrogens is 196 g/mol. The van der Waals surface area contributed by atoms with Gasteiger partial charge in [0.1, 0.15) is 11.5 Å². The van der Waals surface area contributed by atoms with Crippen LogP contribution in [0.4, 0.5) is 0 Å². The van der Waals surface area contributed by atoms with E-state index in [-0.39, 0.29) is 0 Å². The summed E-state index contributed by atoms with van der Waals surface area (Å²) in [5.74, 6) is 2.21.